The van der Waals surface area contributed by atoms with Gasteiger partial charge in [-0.1, -0.05) is 6.07 Å². The van der Waals surface area contributed by atoms with Gasteiger partial charge in [0.15, 0.2) is 0 Å². The van der Waals surface area contributed by atoms with Crippen LogP contribution >= 0.6 is 0 Å². The van der Waals surface area contributed by atoms with Crippen molar-refractivity contribution in [1.29, 1.82) is 0 Å². The Kier molecular flexibility index (Phi) is 6.11. The summed E-state index contributed by atoms with van der Waals surface area (Å²) in [6.07, 6.45) is 0. The van der Waals surface area contributed by atoms with Crippen LogP contribution in [0.1, 0.15) is 10.4 Å². The standard InChI is InChI=1S/C17H18FNO5S/c1-19(2)25(21,22)16-5-3-4-13(12-16)17(20)24-11-10-23-15-8-6-14(18)7-9-15/h3-9,12H,10-11H2,1-2H3. The number of esters is 1. The summed E-state index contributed by atoms with van der Waals surface area (Å²) in [5.41, 5.74) is 0.129. The van der Waals surface area contributed by atoms with Crippen LogP contribution in [0.2, 0.25) is 0 Å². The van der Waals surface area contributed by atoms with Gasteiger partial charge in [0.1, 0.15) is 24.8 Å². The first-order chi connectivity index (χ1) is 11.8. The van der Waals surface area contributed by atoms with Gasteiger partial charge in [0.25, 0.3) is 0 Å². The third-order valence-electron chi connectivity index (χ3n) is 3.25. The second-order valence-electron chi connectivity index (χ2n) is 5.25. The van der Waals surface area contributed by atoms with Gasteiger partial charge >= 0.3 is 5.97 Å². The predicted octanol–water partition coefficient (Wildman–Crippen LogP) is 2.31. The lowest BCUT2D eigenvalue weighted by Crippen LogP contribution is -2.22. The molecule has 0 fully saturated rings. The molecule has 2 aromatic rings. The van der Waals surface area contributed by atoms with Crippen LogP contribution in [0.4, 0.5) is 4.39 Å². The van der Waals surface area contributed by atoms with E-state index in [1.165, 1.54) is 62.6 Å². The summed E-state index contributed by atoms with van der Waals surface area (Å²) in [5.74, 6) is -0.568. The number of sulfonamides is 1. The molecule has 0 aromatic heterocycles. The number of hydrogen-bond donors (Lipinski definition) is 0. The van der Waals surface area contributed by atoms with Crippen molar-refractivity contribution in [2.75, 3.05) is 27.3 Å². The van der Waals surface area contributed by atoms with Crippen LogP contribution < -0.4 is 4.74 Å². The molecule has 0 bridgehead atoms. The molecule has 134 valence electrons. The van der Waals surface area contributed by atoms with Gasteiger partial charge in [0, 0.05) is 14.1 Å². The molecule has 0 aliphatic rings. The minimum absolute atomic E-state index is 0.00881. The predicted molar refractivity (Wildman–Crippen MR) is 89.5 cm³/mol. The highest BCUT2D eigenvalue weighted by Crippen LogP contribution is 2.15. The quantitative estimate of drug-likeness (QED) is 0.555. The van der Waals surface area contributed by atoms with Crippen LogP contribution in [0.25, 0.3) is 0 Å². The zero-order valence-electron chi connectivity index (χ0n) is 13.8. The van der Waals surface area contributed by atoms with Gasteiger partial charge in [-0.3, -0.25) is 0 Å². The highest BCUT2D eigenvalue weighted by atomic mass is 32.2. The lowest BCUT2D eigenvalue weighted by atomic mass is 10.2. The molecule has 25 heavy (non-hydrogen) atoms. The van der Waals surface area contributed by atoms with Crippen molar-refractivity contribution in [2.24, 2.45) is 0 Å². The molecule has 0 atom stereocenters. The van der Waals surface area contributed by atoms with Crippen LogP contribution in [0.3, 0.4) is 0 Å². The third kappa shape index (κ3) is 5.01. The van der Waals surface area contributed by atoms with Crippen molar-refractivity contribution in [3.8, 4) is 5.75 Å². The number of carbonyl (C=O) groups excluding carboxylic acids is 1. The van der Waals surface area contributed by atoms with Gasteiger partial charge in [-0.2, -0.15) is 0 Å². The van der Waals surface area contributed by atoms with E-state index in [4.69, 9.17) is 9.47 Å². The largest absolute Gasteiger partial charge is 0.490 e. The van der Waals surface area contributed by atoms with E-state index in [1.54, 1.807) is 0 Å². The molecular formula is C17H18FNO5S. The molecule has 0 amide bonds. The Morgan fingerprint density at radius 1 is 1.08 bits per heavy atom. The van der Waals surface area contributed by atoms with Crippen molar-refractivity contribution in [1.82, 2.24) is 4.31 Å². The summed E-state index contributed by atoms with van der Waals surface area (Å²) in [6, 6.07) is 11.1. The normalized spacial score (nSPS) is 11.4. The molecular weight excluding hydrogens is 349 g/mol. The first kappa shape index (κ1) is 18.9. The maximum Gasteiger partial charge on any atom is 0.338 e. The smallest absolute Gasteiger partial charge is 0.338 e. The van der Waals surface area contributed by atoms with Crippen LogP contribution in [0.5, 0.6) is 5.75 Å². The summed E-state index contributed by atoms with van der Waals surface area (Å²) >= 11 is 0. The zero-order chi connectivity index (χ0) is 18.4. The molecule has 0 unspecified atom stereocenters. The number of hydrogen-bond acceptors (Lipinski definition) is 5. The second kappa shape index (κ2) is 8.09. The van der Waals surface area contributed by atoms with Crippen LogP contribution in [0, 0.1) is 5.82 Å². The summed E-state index contributed by atoms with van der Waals surface area (Å²) in [4.78, 5) is 12.0. The maximum absolute atomic E-state index is 12.8. The lowest BCUT2D eigenvalue weighted by molar-refractivity contribution is 0.0450. The first-order valence-corrected chi connectivity index (χ1v) is 8.83. The van der Waals surface area contributed by atoms with E-state index in [0.29, 0.717) is 5.75 Å². The van der Waals surface area contributed by atoms with Gasteiger partial charge in [0.05, 0.1) is 10.5 Å². The van der Waals surface area contributed by atoms with Crippen molar-refractivity contribution in [2.45, 2.75) is 4.90 Å². The van der Waals surface area contributed by atoms with Crippen molar-refractivity contribution < 1.29 is 27.1 Å². The van der Waals surface area contributed by atoms with E-state index >= 15 is 0 Å². The van der Waals surface area contributed by atoms with Gasteiger partial charge in [-0.15, -0.1) is 0 Å². The zero-order valence-corrected chi connectivity index (χ0v) is 14.6. The van der Waals surface area contributed by atoms with Gasteiger partial charge in [-0.05, 0) is 42.5 Å². The Morgan fingerprint density at radius 2 is 1.76 bits per heavy atom. The number of ether oxygens (including phenoxy) is 2. The minimum atomic E-state index is -3.63. The lowest BCUT2D eigenvalue weighted by Gasteiger charge is -2.12. The Morgan fingerprint density at radius 3 is 2.40 bits per heavy atom. The molecule has 0 N–H and O–H groups in total. The molecule has 0 aliphatic heterocycles. The molecule has 2 aromatic carbocycles. The van der Waals surface area contributed by atoms with Crippen molar-refractivity contribution in [3.63, 3.8) is 0 Å². The molecule has 0 aliphatic carbocycles. The van der Waals surface area contributed by atoms with E-state index in [2.05, 4.69) is 0 Å². The molecule has 0 heterocycles. The van der Waals surface area contributed by atoms with E-state index in [0.717, 1.165) is 4.31 Å². The van der Waals surface area contributed by atoms with Crippen LogP contribution in [-0.4, -0.2) is 46.0 Å². The third-order valence-corrected chi connectivity index (χ3v) is 5.06. The fraction of sp³-hybridized carbons (Fsp3) is 0.235. The van der Waals surface area contributed by atoms with E-state index in [9.17, 15) is 17.6 Å². The minimum Gasteiger partial charge on any atom is -0.490 e. The van der Waals surface area contributed by atoms with E-state index in [1.807, 2.05) is 0 Å². The molecule has 2 rings (SSSR count). The highest BCUT2D eigenvalue weighted by molar-refractivity contribution is 7.89. The average Bonchev–Trinajstić information content (AvgIpc) is 2.60. The van der Waals surface area contributed by atoms with E-state index < -0.39 is 16.0 Å². The SMILES string of the molecule is CN(C)S(=O)(=O)c1cccc(C(=O)OCCOc2ccc(F)cc2)c1. The topological polar surface area (TPSA) is 72.9 Å². The molecule has 0 radical (unpaired) electrons. The highest BCUT2D eigenvalue weighted by Gasteiger charge is 2.19. The summed E-state index contributed by atoms with van der Waals surface area (Å²) in [5, 5.41) is 0. The molecule has 0 spiro atoms. The Labute approximate surface area is 145 Å². The monoisotopic (exact) mass is 367 g/mol. The molecule has 8 heteroatoms. The van der Waals surface area contributed by atoms with Gasteiger partial charge in [0.2, 0.25) is 10.0 Å². The number of carbonyl (C=O) groups is 1. The average molecular weight is 367 g/mol. The van der Waals surface area contributed by atoms with Crippen molar-refractivity contribution >= 4 is 16.0 Å². The number of rotatable bonds is 7. The van der Waals surface area contributed by atoms with Crippen LogP contribution in [-0.2, 0) is 14.8 Å². The Hall–Kier alpha value is -2.45. The number of nitrogens with zero attached hydrogens (tertiary/aromatic N) is 1. The number of halogens is 1. The maximum atomic E-state index is 12.8. The van der Waals surface area contributed by atoms with Gasteiger partial charge < -0.3 is 9.47 Å². The van der Waals surface area contributed by atoms with Crippen LogP contribution in [0.15, 0.2) is 53.4 Å². The summed E-state index contributed by atoms with van der Waals surface area (Å²) in [7, 11) is -0.808. The Bertz CT molecular complexity index is 834. The van der Waals surface area contributed by atoms with Crippen molar-refractivity contribution in [3.05, 3.63) is 59.9 Å². The molecule has 0 saturated carbocycles. The Balaban J connectivity index is 1.92. The summed E-state index contributed by atoms with van der Waals surface area (Å²) in [6.45, 7) is 0.0634. The summed E-state index contributed by atoms with van der Waals surface area (Å²) < 4.78 is 48.3. The fourth-order valence-corrected chi connectivity index (χ4v) is 2.85. The molecule has 6 nitrogen and oxygen atoms in total. The fourth-order valence-electron chi connectivity index (χ4n) is 1.90. The first-order valence-electron chi connectivity index (χ1n) is 7.39. The van der Waals surface area contributed by atoms with E-state index in [-0.39, 0.29) is 29.5 Å². The molecule has 0 saturated heterocycles. The second-order valence-corrected chi connectivity index (χ2v) is 7.41. The number of benzene rings is 2. The van der Waals surface area contributed by atoms with Gasteiger partial charge in [-0.25, -0.2) is 21.9 Å².